The van der Waals surface area contributed by atoms with Crippen LogP contribution in [0.2, 0.25) is 5.15 Å². The molecule has 3 aromatic carbocycles. The number of halogens is 1. The van der Waals surface area contributed by atoms with Crippen molar-refractivity contribution in [2.24, 2.45) is 5.10 Å². The summed E-state index contributed by atoms with van der Waals surface area (Å²) >= 11 is 6.48. The highest BCUT2D eigenvalue weighted by Crippen LogP contribution is 2.22. The van der Waals surface area contributed by atoms with E-state index in [0.29, 0.717) is 22.0 Å². The minimum atomic E-state index is -0.322. The second kappa shape index (κ2) is 9.28. The average Bonchev–Trinajstić information content (AvgIpc) is 3.09. The van der Waals surface area contributed by atoms with E-state index in [2.05, 4.69) is 20.9 Å². The highest BCUT2D eigenvalue weighted by Gasteiger charge is 2.13. The first-order valence-electron chi connectivity index (χ1n) is 9.68. The summed E-state index contributed by atoms with van der Waals surface area (Å²) in [4.78, 5) is 12.5. The number of anilines is 2. The third kappa shape index (κ3) is 4.82. The molecule has 1 aromatic heterocycles. The number of benzene rings is 3. The van der Waals surface area contributed by atoms with Gasteiger partial charge in [-0.1, -0.05) is 54.1 Å². The third-order valence-corrected chi connectivity index (χ3v) is 4.96. The van der Waals surface area contributed by atoms with Crippen LogP contribution >= 0.6 is 11.6 Å². The Hall–Kier alpha value is -3.90. The van der Waals surface area contributed by atoms with E-state index in [1.807, 2.05) is 79.7 Å². The van der Waals surface area contributed by atoms with Gasteiger partial charge in [0.05, 0.1) is 23.2 Å². The fraction of sp³-hybridized carbons (Fsp3) is 0.0417. The Morgan fingerprint density at radius 1 is 0.968 bits per heavy atom. The number of hydrogen-bond acceptors (Lipinski definition) is 4. The quantitative estimate of drug-likeness (QED) is 0.321. The summed E-state index contributed by atoms with van der Waals surface area (Å²) < 4.78 is 1.64. The molecule has 0 atom stereocenters. The van der Waals surface area contributed by atoms with Crippen LogP contribution in [0.25, 0.3) is 5.69 Å². The molecule has 7 heteroatoms. The Kier molecular flexibility index (Phi) is 6.10. The number of carbonyl (C=O) groups excluding carboxylic acids is 1. The van der Waals surface area contributed by atoms with Crippen LogP contribution in [-0.2, 0) is 0 Å². The summed E-state index contributed by atoms with van der Waals surface area (Å²) in [6.45, 7) is 1.84. The van der Waals surface area contributed by atoms with Gasteiger partial charge in [0.1, 0.15) is 5.15 Å². The van der Waals surface area contributed by atoms with Gasteiger partial charge in [0, 0.05) is 16.9 Å². The van der Waals surface area contributed by atoms with E-state index >= 15 is 0 Å². The minimum absolute atomic E-state index is 0.322. The van der Waals surface area contributed by atoms with Crippen molar-refractivity contribution < 1.29 is 4.79 Å². The van der Waals surface area contributed by atoms with Gasteiger partial charge >= 0.3 is 0 Å². The summed E-state index contributed by atoms with van der Waals surface area (Å²) in [5.74, 6) is -0.322. The number of carbonyl (C=O) groups is 1. The first kappa shape index (κ1) is 20.4. The number of aryl methyl sites for hydroxylation is 1. The molecular weight excluding hydrogens is 410 g/mol. The van der Waals surface area contributed by atoms with Gasteiger partial charge < -0.3 is 5.32 Å². The van der Waals surface area contributed by atoms with Gasteiger partial charge in [0.25, 0.3) is 5.91 Å². The lowest BCUT2D eigenvalue weighted by molar-refractivity contribution is 0.0955. The first-order chi connectivity index (χ1) is 15.1. The molecule has 0 spiro atoms. The number of aromatic nitrogens is 2. The van der Waals surface area contributed by atoms with E-state index in [1.54, 1.807) is 16.8 Å². The number of hydrogen-bond donors (Lipinski definition) is 2. The van der Waals surface area contributed by atoms with Crippen LogP contribution in [0, 0.1) is 6.92 Å². The molecule has 31 heavy (non-hydrogen) atoms. The molecule has 0 bridgehead atoms. The monoisotopic (exact) mass is 429 g/mol. The number of nitrogens with one attached hydrogen (secondary N) is 2. The van der Waals surface area contributed by atoms with Crippen molar-refractivity contribution in [2.45, 2.75) is 6.92 Å². The van der Waals surface area contributed by atoms with Crippen LogP contribution < -0.4 is 10.7 Å². The molecule has 4 rings (SSSR count). The zero-order valence-electron chi connectivity index (χ0n) is 16.8. The second-order valence-electron chi connectivity index (χ2n) is 6.81. The Bertz CT molecular complexity index is 1220. The number of hydrazone groups is 1. The molecule has 2 N–H and O–H groups in total. The lowest BCUT2D eigenvalue weighted by Gasteiger charge is -2.07. The molecule has 0 unspecified atom stereocenters. The molecule has 0 saturated carbocycles. The Morgan fingerprint density at radius 2 is 1.65 bits per heavy atom. The summed E-state index contributed by atoms with van der Waals surface area (Å²) in [5, 5.41) is 12.2. The van der Waals surface area contributed by atoms with Crippen molar-refractivity contribution in [1.82, 2.24) is 15.2 Å². The summed E-state index contributed by atoms with van der Waals surface area (Å²) in [6, 6.07) is 26.5. The molecule has 154 valence electrons. The molecule has 0 aliphatic heterocycles. The van der Waals surface area contributed by atoms with Crippen molar-refractivity contribution in [3.05, 3.63) is 107 Å². The second-order valence-corrected chi connectivity index (χ2v) is 7.17. The number of para-hydroxylation sites is 2. The molecule has 1 amide bonds. The van der Waals surface area contributed by atoms with Crippen LogP contribution in [0.15, 0.2) is 90.0 Å². The molecule has 0 aliphatic rings. The van der Waals surface area contributed by atoms with Gasteiger partial charge in [-0.25, -0.2) is 10.1 Å². The predicted octanol–water partition coefficient (Wildman–Crippen LogP) is 5.34. The zero-order chi connectivity index (χ0) is 21.6. The van der Waals surface area contributed by atoms with Crippen molar-refractivity contribution in [3.63, 3.8) is 0 Å². The third-order valence-electron chi connectivity index (χ3n) is 4.60. The summed E-state index contributed by atoms with van der Waals surface area (Å²) in [7, 11) is 0. The van der Waals surface area contributed by atoms with Crippen LogP contribution in [0.4, 0.5) is 11.4 Å². The molecule has 1 heterocycles. The van der Waals surface area contributed by atoms with Gasteiger partial charge in [-0.3, -0.25) is 4.79 Å². The Morgan fingerprint density at radius 3 is 2.39 bits per heavy atom. The molecule has 0 saturated heterocycles. The zero-order valence-corrected chi connectivity index (χ0v) is 17.5. The highest BCUT2D eigenvalue weighted by atomic mass is 35.5. The van der Waals surface area contributed by atoms with E-state index in [4.69, 9.17) is 11.6 Å². The molecule has 6 nitrogen and oxygen atoms in total. The number of rotatable bonds is 6. The first-order valence-corrected chi connectivity index (χ1v) is 10.1. The lowest BCUT2D eigenvalue weighted by atomic mass is 10.2. The van der Waals surface area contributed by atoms with Crippen LogP contribution in [-0.4, -0.2) is 21.9 Å². The maximum Gasteiger partial charge on any atom is 0.271 e. The van der Waals surface area contributed by atoms with E-state index < -0.39 is 0 Å². The molecule has 0 radical (unpaired) electrons. The van der Waals surface area contributed by atoms with Gasteiger partial charge in [-0.15, -0.1) is 0 Å². The van der Waals surface area contributed by atoms with Crippen molar-refractivity contribution in [1.29, 1.82) is 0 Å². The fourth-order valence-electron chi connectivity index (χ4n) is 3.04. The normalized spacial score (nSPS) is 10.9. The average molecular weight is 430 g/mol. The van der Waals surface area contributed by atoms with E-state index in [-0.39, 0.29) is 5.91 Å². The van der Waals surface area contributed by atoms with Crippen molar-refractivity contribution in [3.8, 4) is 5.69 Å². The molecule has 4 aromatic rings. The predicted molar refractivity (Wildman–Crippen MR) is 125 cm³/mol. The maximum absolute atomic E-state index is 12.5. The van der Waals surface area contributed by atoms with Gasteiger partial charge in [-0.2, -0.15) is 10.2 Å². The summed E-state index contributed by atoms with van der Waals surface area (Å²) in [5.41, 5.74) is 6.99. The highest BCUT2D eigenvalue weighted by molar-refractivity contribution is 6.32. The van der Waals surface area contributed by atoms with Crippen molar-refractivity contribution in [2.75, 3.05) is 5.32 Å². The smallest absolute Gasteiger partial charge is 0.271 e. The topological polar surface area (TPSA) is 71.3 Å². The number of nitrogens with zero attached hydrogens (tertiary/aromatic N) is 3. The maximum atomic E-state index is 12.5. The van der Waals surface area contributed by atoms with Gasteiger partial charge in [0.15, 0.2) is 0 Å². The Balaban J connectivity index is 1.46. The molecule has 0 aliphatic carbocycles. The number of amides is 1. The van der Waals surface area contributed by atoms with Crippen LogP contribution in [0.5, 0.6) is 0 Å². The van der Waals surface area contributed by atoms with Gasteiger partial charge in [0.2, 0.25) is 0 Å². The standard InChI is InChI=1S/C24H20ClN5O/c1-17-22(23(25)30(29-17)21-13-6-3-7-14-21)16-26-28-24(31)18-9-8-12-20(15-18)27-19-10-4-2-5-11-19/h2-16,27H,1H3,(H,28,31). The minimum Gasteiger partial charge on any atom is -0.356 e. The largest absolute Gasteiger partial charge is 0.356 e. The van der Waals surface area contributed by atoms with E-state index in [9.17, 15) is 4.79 Å². The fourth-order valence-corrected chi connectivity index (χ4v) is 3.37. The van der Waals surface area contributed by atoms with E-state index in [0.717, 1.165) is 17.1 Å². The van der Waals surface area contributed by atoms with E-state index in [1.165, 1.54) is 6.21 Å². The van der Waals surface area contributed by atoms with Crippen molar-refractivity contribution >= 4 is 35.1 Å². The lowest BCUT2D eigenvalue weighted by Crippen LogP contribution is -2.17. The molecule has 0 fully saturated rings. The van der Waals surface area contributed by atoms with Crippen LogP contribution in [0.1, 0.15) is 21.6 Å². The van der Waals surface area contributed by atoms with Crippen LogP contribution in [0.3, 0.4) is 0 Å². The Labute approximate surface area is 185 Å². The summed E-state index contributed by atoms with van der Waals surface area (Å²) in [6.07, 6.45) is 1.51. The van der Waals surface area contributed by atoms with Gasteiger partial charge in [-0.05, 0) is 49.4 Å². The molecular formula is C24H20ClN5O. The SMILES string of the molecule is Cc1nn(-c2ccccc2)c(Cl)c1C=NNC(=O)c1cccc(Nc2ccccc2)c1.